The molecule has 2 nitrogen and oxygen atoms in total. The molecule has 1 aliphatic rings. The Balaban J connectivity index is 2.27. The molecule has 1 saturated heterocycles. The normalized spacial score (nSPS) is 38.6. The van der Waals surface area contributed by atoms with Gasteiger partial charge in [-0.05, 0) is 26.7 Å². The SMILES string of the molecule is CCCCCC1OC(C)C(C)C(C)O1. The fraction of sp³-hybridized carbons (Fsp3) is 1.00. The van der Waals surface area contributed by atoms with Gasteiger partial charge in [-0.3, -0.25) is 0 Å². The molecule has 0 spiro atoms. The zero-order valence-corrected chi connectivity index (χ0v) is 9.95. The van der Waals surface area contributed by atoms with Crippen molar-refractivity contribution >= 4 is 0 Å². The Morgan fingerprint density at radius 3 is 2.00 bits per heavy atom. The van der Waals surface area contributed by atoms with Crippen LogP contribution in [0.2, 0.25) is 0 Å². The van der Waals surface area contributed by atoms with Gasteiger partial charge in [0, 0.05) is 5.92 Å². The molecular weight excluding hydrogens is 176 g/mol. The van der Waals surface area contributed by atoms with Crippen LogP contribution in [-0.2, 0) is 9.47 Å². The second-order valence-electron chi connectivity index (χ2n) is 4.47. The summed E-state index contributed by atoms with van der Waals surface area (Å²) in [5, 5.41) is 0. The second kappa shape index (κ2) is 5.72. The van der Waals surface area contributed by atoms with E-state index in [4.69, 9.17) is 9.47 Å². The Morgan fingerprint density at radius 2 is 1.50 bits per heavy atom. The highest BCUT2D eigenvalue weighted by molar-refractivity contribution is 4.73. The van der Waals surface area contributed by atoms with Crippen LogP contribution in [0.15, 0.2) is 0 Å². The van der Waals surface area contributed by atoms with Gasteiger partial charge in [0.05, 0.1) is 12.2 Å². The highest BCUT2D eigenvalue weighted by Crippen LogP contribution is 2.26. The van der Waals surface area contributed by atoms with Gasteiger partial charge in [-0.25, -0.2) is 0 Å². The minimum Gasteiger partial charge on any atom is -0.349 e. The Hall–Kier alpha value is -0.0800. The molecule has 0 aliphatic carbocycles. The third kappa shape index (κ3) is 3.25. The largest absolute Gasteiger partial charge is 0.349 e. The van der Waals surface area contributed by atoms with Gasteiger partial charge in [-0.1, -0.05) is 26.7 Å². The van der Waals surface area contributed by atoms with Crippen molar-refractivity contribution in [2.45, 2.75) is 71.9 Å². The van der Waals surface area contributed by atoms with Crippen molar-refractivity contribution in [3.8, 4) is 0 Å². The molecule has 0 N–H and O–H groups in total. The van der Waals surface area contributed by atoms with Gasteiger partial charge in [0.15, 0.2) is 6.29 Å². The molecule has 0 aromatic carbocycles. The summed E-state index contributed by atoms with van der Waals surface area (Å²) in [6, 6.07) is 0. The first kappa shape index (κ1) is 12.0. The van der Waals surface area contributed by atoms with Crippen molar-refractivity contribution in [3.63, 3.8) is 0 Å². The lowest BCUT2D eigenvalue weighted by molar-refractivity contribution is -0.259. The van der Waals surface area contributed by atoms with Crippen molar-refractivity contribution in [2.75, 3.05) is 0 Å². The maximum atomic E-state index is 5.79. The van der Waals surface area contributed by atoms with E-state index < -0.39 is 0 Å². The fourth-order valence-electron chi connectivity index (χ4n) is 1.84. The molecule has 0 aromatic rings. The van der Waals surface area contributed by atoms with Crippen molar-refractivity contribution in [1.29, 1.82) is 0 Å². The molecule has 0 bridgehead atoms. The monoisotopic (exact) mass is 200 g/mol. The summed E-state index contributed by atoms with van der Waals surface area (Å²) in [5.74, 6) is 0.512. The topological polar surface area (TPSA) is 18.5 Å². The van der Waals surface area contributed by atoms with Crippen LogP contribution in [0.1, 0.15) is 53.4 Å². The van der Waals surface area contributed by atoms with Gasteiger partial charge in [-0.15, -0.1) is 0 Å². The number of hydrogen-bond donors (Lipinski definition) is 0. The van der Waals surface area contributed by atoms with Gasteiger partial charge in [0.1, 0.15) is 0 Å². The van der Waals surface area contributed by atoms with Gasteiger partial charge in [0.2, 0.25) is 0 Å². The number of ether oxygens (including phenoxy) is 2. The third-order valence-corrected chi connectivity index (χ3v) is 3.26. The molecule has 84 valence electrons. The average molecular weight is 200 g/mol. The summed E-state index contributed by atoms with van der Waals surface area (Å²) in [6.07, 6.45) is 5.53. The van der Waals surface area contributed by atoms with Crippen molar-refractivity contribution in [3.05, 3.63) is 0 Å². The van der Waals surface area contributed by atoms with Gasteiger partial charge < -0.3 is 9.47 Å². The molecular formula is C12H24O2. The van der Waals surface area contributed by atoms with E-state index in [0.717, 1.165) is 6.42 Å². The first-order valence-corrected chi connectivity index (χ1v) is 5.96. The van der Waals surface area contributed by atoms with Gasteiger partial charge >= 0.3 is 0 Å². The predicted molar refractivity (Wildman–Crippen MR) is 58.2 cm³/mol. The summed E-state index contributed by atoms with van der Waals surface area (Å²) < 4.78 is 11.6. The lowest BCUT2D eigenvalue weighted by atomic mass is 9.99. The van der Waals surface area contributed by atoms with E-state index in [1.807, 2.05) is 0 Å². The van der Waals surface area contributed by atoms with E-state index in [9.17, 15) is 0 Å². The molecule has 14 heavy (non-hydrogen) atoms. The van der Waals surface area contributed by atoms with Crippen molar-refractivity contribution < 1.29 is 9.47 Å². The van der Waals surface area contributed by atoms with Crippen molar-refractivity contribution in [2.24, 2.45) is 5.92 Å². The molecule has 2 heteroatoms. The maximum absolute atomic E-state index is 5.79. The van der Waals surface area contributed by atoms with E-state index in [2.05, 4.69) is 27.7 Å². The van der Waals surface area contributed by atoms with Gasteiger partial charge in [0.25, 0.3) is 0 Å². The van der Waals surface area contributed by atoms with Crippen LogP contribution in [0.3, 0.4) is 0 Å². The van der Waals surface area contributed by atoms with E-state index in [-0.39, 0.29) is 6.29 Å². The Labute approximate surface area is 88.0 Å². The van der Waals surface area contributed by atoms with Crippen molar-refractivity contribution in [1.82, 2.24) is 0 Å². The number of unbranched alkanes of at least 4 members (excludes halogenated alkanes) is 2. The van der Waals surface area contributed by atoms with Crippen LogP contribution >= 0.6 is 0 Å². The molecule has 2 unspecified atom stereocenters. The second-order valence-corrected chi connectivity index (χ2v) is 4.47. The smallest absolute Gasteiger partial charge is 0.158 e. The lowest BCUT2D eigenvalue weighted by Gasteiger charge is -2.37. The molecule has 0 aromatic heterocycles. The van der Waals surface area contributed by atoms with Crippen LogP contribution < -0.4 is 0 Å². The highest BCUT2D eigenvalue weighted by atomic mass is 16.7. The predicted octanol–water partition coefficient (Wildman–Crippen LogP) is 3.35. The van der Waals surface area contributed by atoms with Gasteiger partial charge in [-0.2, -0.15) is 0 Å². The van der Waals surface area contributed by atoms with E-state index in [0.29, 0.717) is 18.1 Å². The molecule has 1 fully saturated rings. The maximum Gasteiger partial charge on any atom is 0.158 e. The summed E-state index contributed by atoms with van der Waals surface area (Å²) in [6.45, 7) is 8.71. The zero-order chi connectivity index (χ0) is 10.6. The van der Waals surface area contributed by atoms with Crippen LogP contribution in [0, 0.1) is 5.92 Å². The summed E-state index contributed by atoms with van der Waals surface area (Å²) in [7, 11) is 0. The molecule has 1 aliphatic heterocycles. The summed E-state index contributed by atoms with van der Waals surface area (Å²) in [4.78, 5) is 0. The zero-order valence-electron chi connectivity index (χ0n) is 9.95. The quantitative estimate of drug-likeness (QED) is 0.648. The molecule has 1 heterocycles. The van der Waals surface area contributed by atoms with Crippen LogP contribution in [-0.4, -0.2) is 18.5 Å². The first-order valence-electron chi connectivity index (χ1n) is 5.96. The molecule has 0 saturated carbocycles. The first-order chi connectivity index (χ1) is 6.65. The molecule has 1 rings (SSSR count). The minimum absolute atomic E-state index is 0.0442. The van der Waals surface area contributed by atoms with E-state index in [1.165, 1.54) is 19.3 Å². The molecule has 0 amide bonds. The van der Waals surface area contributed by atoms with Crippen LogP contribution in [0.5, 0.6) is 0 Å². The molecule has 2 atom stereocenters. The minimum atomic E-state index is 0.0442. The Morgan fingerprint density at radius 1 is 0.929 bits per heavy atom. The standard InChI is InChI=1S/C12H24O2/c1-5-6-7-8-12-13-10(3)9(2)11(4)14-12/h9-12H,5-8H2,1-4H3. The summed E-state index contributed by atoms with van der Waals surface area (Å²) >= 11 is 0. The lowest BCUT2D eigenvalue weighted by Crippen LogP contribution is -2.42. The van der Waals surface area contributed by atoms with E-state index >= 15 is 0 Å². The third-order valence-electron chi connectivity index (χ3n) is 3.26. The fourth-order valence-corrected chi connectivity index (χ4v) is 1.84. The number of rotatable bonds is 4. The van der Waals surface area contributed by atoms with Crippen LogP contribution in [0.4, 0.5) is 0 Å². The van der Waals surface area contributed by atoms with Crippen LogP contribution in [0.25, 0.3) is 0 Å². The van der Waals surface area contributed by atoms with E-state index in [1.54, 1.807) is 0 Å². The average Bonchev–Trinajstić information content (AvgIpc) is 2.14. The number of hydrogen-bond acceptors (Lipinski definition) is 2. The highest BCUT2D eigenvalue weighted by Gasteiger charge is 2.30. The Bertz CT molecular complexity index is 146. The molecule has 0 radical (unpaired) electrons. The summed E-state index contributed by atoms with van der Waals surface area (Å²) in [5.41, 5.74) is 0. The Kier molecular flexibility index (Phi) is 4.90.